The summed E-state index contributed by atoms with van der Waals surface area (Å²) in [4.78, 5) is 12.0. The Kier molecular flexibility index (Phi) is 7.12. The first-order valence-electron chi connectivity index (χ1n) is 7.95. The minimum atomic E-state index is -0.0289. The van der Waals surface area contributed by atoms with Crippen LogP contribution in [0.4, 0.5) is 0 Å². The predicted molar refractivity (Wildman–Crippen MR) is 97.1 cm³/mol. The Labute approximate surface area is 151 Å². The SMILES string of the molecule is CC(C)CCC(C)NC(=O)CSc1nnc(-c2cccc(Cl)c2)o1. The van der Waals surface area contributed by atoms with Gasteiger partial charge in [0.25, 0.3) is 5.22 Å². The van der Waals surface area contributed by atoms with Crippen LogP contribution in [0.15, 0.2) is 33.9 Å². The standard InChI is InChI=1S/C17H22ClN3O2S/c1-11(2)7-8-12(3)19-15(22)10-24-17-21-20-16(23-17)13-5-4-6-14(18)9-13/h4-6,9,11-12H,7-8,10H2,1-3H3,(H,19,22). The molecule has 0 bridgehead atoms. The minimum absolute atomic E-state index is 0.0289. The number of benzene rings is 1. The lowest BCUT2D eigenvalue weighted by molar-refractivity contribution is -0.119. The molecule has 1 heterocycles. The summed E-state index contributed by atoms with van der Waals surface area (Å²) >= 11 is 7.18. The molecule has 2 rings (SSSR count). The van der Waals surface area contributed by atoms with Gasteiger partial charge in [0.2, 0.25) is 11.8 Å². The van der Waals surface area contributed by atoms with Crippen LogP contribution in [0.25, 0.3) is 11.5 Å². The lowest BCUT2D eigenvalue weighted by Crippen LogP contribution is -2.34. The third-order valence-electron chi connectivity index (χ3n) is 3.39. The molecule has 1 unspecified atom stereocenters. The van der Waals surface area contributed by atoms with Crippen LogP contribution in [0, 0.1) is 5.92 Å². The van der Waals surface area contributed by atoms with Crippen molar-refractivity contribution in [1.29, 1.82) is 0 Å². The van der Waals surface area contributed by atoms with E-state index in [2.05, 4.69) is 29.4 Å². The molecule has 130 valence electrons. The lowest BCUT2D eigenvalue weighted by Gasteiger charge is -2.14. The number of hydrogen-bond acceptors (Lipinski definition) is 5. The van der Waals surface area contributed by atoms with E-state index in [0.717, 1.165) is 18.4 Å². The monoisotopic (exact) mass is 367 g/mol. The molecule has 0 saturated carbocycles. The number of halogens is 1. The van der Waals surface area contributed by atoms with Gasteiger partial charge in [-0.3, -0.25) is 4.79 Å². The number of aromatic nitrogens is 2. The van der Waals surface area contributed by atoms with Crippen LogP contribution in [0.3, 0.4) is 0 Å². The van der Waals surface area contributed by atoms with E-state index in [1.807, 2.05) is 19.1 Å². The first-order valence-corrected chi connectivity index (χ1v) is 9.32. The average Bonchev–Trinajstić information content (AvgIpc) is 3.00. The zero-order chi connectivity index (χ0) is 17.5. The maximum absolute atomic E-state index is 12.0. The first kappa shape index (κ1) is 18.8. The maximum atomic E-state index is 12.0. The molecule has 0 spiro atoms. The quantitative estimate of drug-likeness (QED) is 0.699. The predicted octanol–water partition coefficient (Wildman–Crippen LogP) is 4.42. The normalized spacial score (nSPS) is 12.4. The third kappa shape index (κ3) is 6.17. The Bertz CT molecular complexity index is 675. The van der Waals surface area contributed by atoms with Crippen molar-refractivity contribution in [3.8, 4) is 11.5 Å². The van der Waals surface area contributed by atoms with Crippen molar-refractivity contribution in [2.24, 2.45) is 5.92 Å². The summed E-state index contributed by atoms with van der Waals surface area (Å²) in [6.45, 7) is 6.38. The highest BCUT2D eigenvalue weighted by Gasteiger charge is 2.13. The number of hydrogen-bond donors (Lipinski definition) is 1. The molecule has 1 atom stereocenters. The van der Waals surface area contributed by atoms with Gasteiger partial charge in [0.05, 0.1) is 5.75 Å². The molecule has 0 saturated heterocycles. The van der Waals surface area contributed by atoms with E-state index in [0.29, 0.717) is 22.1 Å². The fraction of sp³-hybridized carbons (Fsp3) is 0.471. The zero-order valence-electron chi connectivity index (χ0n) is 14.1. The van der Waals surface area contributed by atoms with Crippen LogP contribution in [-0.4, -0.2) is 27.9 Å². The number of nitrogens with one attached hydrogen (secondary N) is 1. The smallest absolute Gasteiger partial charge is 0.277 e. The summed E-state index contributed by atoms with van der Waals surface area (Å²) in [7, 11) is 0. The molecule has 24 heavy (non-hydrogen) atoms. The topological polar surface area (TPSA) is 68.0 Å². The van der Waals surface area contributed by atoms with Crippen molar-refractivity contribution in [3.63, 3.8) is 0 Å². The summed E-state index contributed by atoms with van der Waals surface area (Å²) in [5.74, 6) is 1.26. The van der Waals surface area contributed by atoms with E-state index in [1.54, 1.807) is 12.1 Å². The number of carbonyl (C=O) groups is 1. The van der Waals surface area contributed by atoms with Gasteiger partial charge in [-0.05, 0) is 43.9 Å². The van der Waals surface area contributed by atoms with Gasteiger partial charge >= 0.3 is 0 Å². The summed E-state index contributed by atoms with van der Waals surface area (Å²) in [5.41, 5.74) is 0.758. The van der Waals surface area contributed by atoms with Crippen molar-refractivity contribution in [2.45, 2.75) is 44.9 Å². The summed E-state index contributed by atoms with van der Waals surface area (Å²) in [5, 5.41) is 11.9. The highest BCUT2D eigenvalue weighted by atomic mass is 35.5. The van der Waals surface area contributed by atoms with Gasteiger partial charge in [-0.25, -0.2) is 0 Å². The van der Waals surface area contributed by atoms with E-state index >= 15 is 0 Å². The van der Waals surface area contributed by atoms with Gasteiger partial charge in [0.15, 0.2) is 0 Å². The molecule has 1 amide bonds. The fourth-order valence-corrected chi connectivity index (χ4v) is 2.87. The molecule has 1 aromatic carbocycles. The molecule has 0 aliphatic rings. The molecule has 0 fully saturated rings. The molecular weight excluding hydrogens is 346 g/mol. The second kappa shape index (κ2) is 9.08. The highest BCUT2D eigenvalue weighted by molar-refractivity contribution is 7.99. The van der Waals surface area contributed by atoms with Crippen molar-refractivity contribution >= 4 is 29.3 Å². The van der Waals surface area contributed by atoms with Crippen molar-refractivity contribution in [1.82, 2.24) is 15.5 Å². The second-order valence-electron chi connectivity index (χ2n) is 6.11. The Morgan fingerprint density at radius 2 is 2.08 bits per heavy atom. The molecular formula is C17H22ClN3O2S. The first-order chi connectivity index (χ1) is 11.4. The number of nitrogens with zero attached hydrogens (tertiary/aromatic N) is 2. The molecule has 5 nitrogen and oxygen atoms in total. The van der Waals surface area contributed by atoms with Crippen molar-refractivity contribution in [2.75, 3.05) is 5.75 Å². The maximum Gasteiger partial charge on any atom is 0.277 e. The van der Waals surface area contributed by atoms with Gasteiger partial charge in [-0.1, -0.05) is 43.3 Å². The van der Waals surface area contributed by atoms with Gasteiger partial charge in [-0.2, -0.15) is 0 Å². The molecule has 1 N–H and O–H groups in total. The largest absolute Gasteiger partial charge is 0.411 e. The van der Waals surface area contributed by atoms with Crippen LogP contribution in [0.1, 0.15) is 33.6 Å². The van der Waals surface area contributed by atoms with Crippen LogP contribution < -0.4 is 5.32 Å². The lowest BCUT2D eigenvalue weighted by atomic mass is 10.0. The van der Waals surface area contributed by atoms with E-state index in [1.165, 1.54) is 11.8 Å². The third-order valence-corrected chi connectivity index (χ3v) is 4.44. The number of carbonyl (C=O) groups excluding carboxylic acids is 1. The molecule has 0 aliphatic heterocycles. The van der Waals surface area contributed by atoms with Crippen molar-refractivity contribution < 1.29 is 9.21 Å². The summed E-state index contributed by atoms with van der Waals surface area (Å²) < 4.78 is 5.56. The highest BCUT2D eigenvalue weighted by Crippen LogP contribution is 2.25. The van der Waals surface area contributed by atoms with Crippen LogP contribution in [-0.2, 0) is 4.79 Å². The summed E-state index contributed by atoms with van der Waals surface area (Å²) in [6, 6.07) is 7.37. The van der Waals surface area contributed by atoms with Crippen LogP contribution in [0.2, 0.25) is 5.02 Å². The Balaban J connectivity index is 1.81. The zero-order valence-corrected chi connectivity index (χ0v) is 15.7. The summed E-state index contributed by atoms with van der Waals surface area (Å²) in [6.07, 6.45) is 2.08. The van der Waals surface area contributed by atoms with E-state index in [4.69, 9.17) is 16.0 Å². The molecule has 7 heteroatoms. The van der Waals surface area contributed by atoms with Gasteiger partial charge in [0.1, 0.15) is 0 Å². The number of amides is 1. The van der Waals surface area contributed by atoms with Crippen LogP contribution in [0.5, 0.6) is 0 Å². The fourth-order valence-electron chi connectivity index (χ4n) is 2.11. The molecule has 2 aromatic rings. The minimum Gasteiger partial charge on any atom is -0.411 e. The Morgan fingerprint density at radius 1 is 1.29 bits per heavy atom. The van der Waals surface area contributed by atoms with Crippen molar-refractivity contribution in [3.05, 3.63) is 29.3 Å². The molecule has 1 aromatic heterocycles. The van der Waals surface area contributed by atoms with Gasteiger partial charge in [0, 0.05) is 16.6 Å². The van der Waals surface area contributed by atoms with E-state index < -0.39 is 0 Å². The van der Waals surface area contributed by atoms with E-state index in [-0.39, 0.29) is 17.7 Å². The van der Waals surface area contributed by atoms with E-state index in [9.17, 15) is 4.79 Å². The average molecular weight is 368 g/mol. The Morgan fingerprint density at radius 3 is 2.79 bits per heavy atom. The second-order valence-corrected chi connectivity index (χ2v) is 7.47. The van der Waals surface area contributed by atoms with Gasteiger partial charge < -0.3 is 9.73 Å². The number of rotatable bonds is 8. The van der Waals surface area contributed by atoms with Crippen LogP contribution >= 0.6 is 23.4 Å². The van der Waals surface area contributed by atoms with Gasteiger partial charge in [-0.15, -0.1) is 10.2 Å². The molecule has 0 aliphatic carbocycles. The Hall–Kier alpha value is -1.53. The molecule has 0 radical (unpaired) electrons. The number of thioether (sulfide) groups is 1.